The molecule has 0 aliphatic heterocycles. The number of rotatable bonds is 4. The normalized spacial score (nSPS) is 11.2. The quantitative estimate of drug-likeness (QED) is 0.600. The minimum absolute atomic E-state index is 0.105. The molecule has 4 aromatic rings. The Labute approximate surface area is 153 Å². The Morgan fingerprint density at radius 3 is 2.78 bits per heavy atom. The largest absolute Gasteiger partial charge is 0.493 e. The average Bonchev–Trinajstić information content (AvgIpc) is 3.00. The molecule has 1 N–H and O–H groups in total. The van der Waals surface area contributed by atoms with Gasteiger partial charge in [-0.2, -0.15) is 10.1 Å². The molecule has 0 atom stereocenters. The standard InChI is InChI=1S/C19H14F2N5O/c1-2-13-8-16(27)24-18(23-13)17-14-7-12(20)9-22-19(14)26(25-17)10-11-5-3-4-6-15(11)21/h3-7,9H,2,10H2,1H3,(H,23,24,27). The summed E-state index contributed by atoms with van der Waals surface area (Å²) in [6.45, 7) is 1.96. The van der Waals surface area contributed by atoms with Crippen LogP contribution in [0, 0.1) is 17.7 Å². The fraction of sp³-hybridized carbons (Fsp3) is 0.158. The highest BCUT2D eigenvalue weighted by Gasteiger charge is 2.19. The van der Waals surface area contributed by atoms with E-state index in [0.29, 0.717) is 28.7 Å². The number of halogens is 2. The fourth-order valence-electron chi connectivity index (χ4n) is 2.81. The second-order valence-corrected chi connectivity index (χ2v) is 5.92. The zero-order valence-electron chi connectivity index (χ0n) is 14.3. The minimum Gasteiger partial charge on any atom is -0.493 e. The van der Waals surface area contributed by atoms with E-state index in [4.69, 9.17) is 0 Å². The molecular formula is C19H14F2N5O. The summed E-state index contributed by atoms with van der Waals surface area (Å²) in [6, 6.07) is 10.2. The first-order valence-corrected chi connectivity index (χ1v) is 8.30. The third kappa shape index (κ3) is 3.21. The third-order valence-electron chi connectivity index (χ3n) is 4.09. The lowest BCUT2D eigenvalue weighted by Crippen LogP contribution is -2.05. The van der Waals surface area contributed by atoms with Gasteiger partial charge in [0, 0.05) is 5.56 Å². The number of aromatic nitrogens is 5. The molecule has 27 heavy (non-hydrogen) atoms. The Hall–Kier alpha value is -3.42. The fourth-order valence-corrected chi connectivity index (χ4v) is 2.81. The molecular weight excluding hydrogens is 352 g/mol. The van der Waals surface area contributed by atoms with Crippen molar-refractivity contribution in [1.29, 1.82) is 0 Å². The SMILES string of the molecule is CCc1[c]c(O)nc(-c2nn(Cc3ccccc3F)c3ncc(F)cc23)n1. The van der Waals surface area contributed by atoms with E-state index in [9.17, 15) is 13.9 Å². The van der Waals surface area contributed by atoms with Gasteiger partial charge in [-0.15, -0.1) is 0 Å². The molecule has 3 aromatic heterocycles. The summed E-state index contributed by atoms with van der Waals surface area (Å²) in [5.74, 6) is -1.11. The Bertz CT molecular complexity index is 1140. The number of hydrogen-bond acceptors (Lipinski definition) is 5. The van der Waals surface area contributed by atoms with Gasteiger partial charge in [-0.05, 0) is 18.6 Å². The Balaban J connectivity index is 1.90. The molecule has 1 radical (unpaired) electrons. The lowest BCUT2D eigenvalue weighted by atomic mass is 10.2. The van der Waals surface area contributed by atoms with Gasteiger partial charge >= 0.3 is 0 Å². The van der Waals surface area contributed by atoms with Crippen molar-refractivity contribution in [2.45, 2.75) is 19.9 Å². The first-order valence-electron chi connectivity index (χ1n) is 8.30. The van der Waals surface area contributed by atoms with Crippen LogP contribution in [0.25, 0.3) is 22.6 Å². The monoisotopic (exact) mass is 366 g/mol. The molecule has 0 saturated heterocycles. The van der Waals surface area contributed by atoms with Crippen LogP contribution >= 0.6 is 0 Å². The molecule has 0 saturated carbocycles. The van der Waals surface area contributed by atoms with E-state index < -0.39 is 5.82 Å². The predicted molar refractivity (Wildman–Crippen MR) is 93.9 cm³/mol. The Morgan fingerprint density at radius 1 is 1.19 bits per heavy atom. The van der Waals surface area contributed by atoms with Gasteiger partial charge in [-0.3, -0.25) is 0 Å². The second kappa shape index (κ2) is 6.71. The van der Waals surface area contributed by atoms with E-state index >= 15 is 0 Å². The summed E-state index contributed by atoms with van der Waals surface area (Å²) in [4.78, 5) is 12.4. The van der Waals surface area contributed by atoms with E-state index in [1.54, 1.807) is 18.2 Å². The highest BCUT2D eigenvalue weighted by Crippen LogP contribution is 2.27. The molecule has 8 heteroatoms. The van der Waals surface area contributed by atoms with E-state index in [1.165, 1.54) is 16.8 Å². The number of fused-ring (bicyclic) bond motifs is 1. The van der Waals surface area contributed by atoms with E-state index in [1.807, 2.05) is 6.92 Å². The molecule has 0 amide bonds. The van der Waals surface area contributed by atoms with Crippen LogP contribution in [-0.2, 0) is 13.0 Å². The minimum atomic E-state index is -0.545. The van der Waals surface area contributed by atoms with Crippen LogP contribution in [0.3, 0.4) is 0 Å². The molecule has 4 rings (SSSR count). The van der Waals surface area contributed by atoms with Crippen molar-refractivity contribution in [2.75, 3.05) is 0 Å². The van der Waals surface area contributed by atoms with Crippen LogP contribution in [0.15, 0.2) is 36.5 Å². The molecule has 3 heterocycles. The van der Waals surface area contributed by atoms with Crippen molar-refractivity contribution >= 4 is 11.0 Å². The first-order chi connectivity index (χ1) is 13.0. The topological polar surface area (TPSA) is 76.7 Å². The maximum atomic E-state index is 14.0. The summed E-state index contributed by atoms with van der Waals surface area (Å²) in [6.07, 6.45) is 1.60. The number of benzene rings is 1. The van der Waals surface area contributed by atoms with E-state index in [-0.39, 0.29) is 29.8 Å². The van der Waals surface area contributed by atoms with E-state index in [2.05, 4.69) is 26.1 Å². The third-order valence-corrected chi connectivity index (χ3v) is 4.09. The van der Waals surface area contributed by atoms with Gasteiger partial charge in [0.05, 0.1) is 29.9 Å². The van der Waals surface area contributed by atoms with Crippen LogP contribution in [0.5, 0.6) is 5.88 Å². The zero-order valence-corrected chi connectivity index (χ0v) is 14.3. The van der Waals surface area contributed by atoms with Crippen LogP contribution in [-0.4, -0.2) is 29.8 Å². The van der Waals surface area contributed by atoms with Crippen molar-refractivity contribution in [3.05, 3.63) is 65.5 Å². The molecule has 0 bridgehead atoms. The lowest BCUT2D eigenvalue weighted by Gasteiger charge is -2.04. The van der Waals surface area contributed by atoms with Gasteiger partial charge in [0.15, 0.2) is 11.5 Å². The zero-order chi connectivity index (χ0) is 19.0. The van der Waals surface area contributed by atoms with Crippen molar-refractivity contribution in [2.24, 2.45) is 0 Å². The molecule has 0 aliphatic rings. The van der Waals surface area contributed by atoms with Crippen molar-refractivity contribution in [3.63, 3.8) is 0 Å². The van der Waals surface area contributed by atoms with Gasteiger partial charge in [0.1, 0.15) is 17.3 Å². The summed E-state index contributed by atoms with van der Waals surface area (Å²) in [7, 11) is 0. The molecule has 0 aliphatic carbocycles. The number of pyridine rings is 1. The summed E-state index contributed by atoms with van der Waals surface area (Å²) in [5.41, 5.74) is 1.54. The smallest absolute Gasteiger partial charge is 0.223 e. The van der Waals surface area contributed by atoms with Crippen molar-refractivity contribution in [1.82, 2.24) is 24.7 Å². The number of aromatic hydroxyl groups is 1. The predicted octanol–water partition coefficient (Wildman–Crippen LogP) is 3.28. The lowest BCUT2D eigenvalue weighted by molar-refractivity contribution is 0.450. The molecule has 0 unspecified atom stereocenters. The number of hydrogen-bond donors (Lipinski definition) is 1. The first kappa shape index (κ1) is 17.0. The van der Waals surface area contributed by atoms with Gasteiger partial charge in [-0.1, -0.05) is 25.1 Å². The molecule has 135 valence electrons. The Morgan fingerprint density at radius 2 is 2.00 bits per heavy atom. The van der Waals surface area contributed by atoms with E-state index in [0.717, 1.165) is 6.20 Å². The van der Waals surface area contributed by atoms with Gasteiger partial charge < -0.3 is 5.11 Å². The van der Waals surface area contributed by atoms with Gasteiger partial charge in [0.2, 0.25) is 5.88 Å². The van der Waals surface area contributed by atoms with Crippen LogP contribution in [0.2, 0.25) is 0 Å². The molecule has 0 fully saturated rings. The van der Waals surface area contributed by atoms with Crippen LogP contribution in [0.1, 0.15) is 18.2 Å². The molecule has 1 aromatic carbocycles. The highest BCUT2D eigenvalue weighted by atomic mass is 19.1. The summed E-state index contributed by atoms with van der Waals surface area (Å²) < 4.78 is 29.3. The second-order valence-electron chi connectivity index (χ2n) is 5.92. The maximum Gasteiger partial charge on any atom is 0.223 e. The van der Waals surface area contributed by atoms with Crippen LogP contribution < -0.4 is 0 Å². The number of aryl methyl sites for hydroxylation is 1. The van der Waals surface area contributed by atoms with Gasteiger partial charge in [-0.25, -0.2) is 23.4 Å². The molecule has 6 nitrogen and oxygen atoms in total. The Kier molecular flexibility index (Phi) is 4.23. The van der Waals surface area contributed by atoms with Crippen molar-refractivity contribution in [3.8, 4) is 17.4 Å². The van der Waals surface area contributed by atoms with Gasteiger partial charge in [0.25, 0.3) is 0 Å². The average molecular weight is 366 g/mol. The van der Waals surface area contributed by atoms with Crippen LogP contribution in [0.4, 0.5) is 8.78 Å². The molecule has 0 spiro atoms. The summed E-state index contributed by atoms with van der Waals surface area (Å²) >= 11 is 0. The highest BCUT2D eigenvalue weighted by molar-refractivity contribution is 5.89. The van der Waals surface area contributed by atoms with Crippen molar-refractivity contribution < 1.29 is 13.9 Å². The number of nitrogens with zero attached hydrogens (tertiary/aromatic N) is 5. The summed E-state index contributed by atoms with van der Waals surface area (Å²) in [5, 5.41) is 14.6. The maximum absolute atomic E-state index is 14.0.